The fourth-order valence-electron chi connectivity index (χ4n) is 2.87. The highest BCUT2D eigenvalue weighted by atomic mass is 16.5. The smallest absolute Gasteiger partial charge is 0.188 e. The molecule has 0 amide bonds. The number of benzene rings is 1. The lowest BCUT2D eigenvalue weighted by Gasteiger charge is -2.16. The molecule has 0 atom stereocenters. The van der Waals surface area contributed by atoms with Crippen LogP contribution in [0.2, 0.25) is 0 Å². The molecular formula is C18H29N3O3. The first-order valence-corrected chi connectivity index (χ1v) is 8.63. The maximum atomic E-state index is 5.97. The van der Waals surface area contributed by atoms with Gasteiger partial charge in [-0.15, -0.1) is 0 Å². The molecule has 0 aromatic heterocycles. The van der Waals surface area contributed by atoms with Crippen LogP contribution in [0.3, 0.4) is 0 Å². The van der Waals surface area contributed by atoms with E-state index in [2.05, 4.69) is 10.3 Å². The van der Waals surface area contributed by atoms with Crippen LogP contribution in [0.5, 0.6) is 17.2 Å². The Balaban J connectivity index is 1.76. The van der Waals surface area contributed by atoms with E-state index in [0.717, 1.165) is 0 Å². The minimum atomic E-state index is 0.448. The van der Waals surface area contributed by atoms with Gasteiger partial charge in [-0.2, -0.15) is 0 Å². The Kier molecular flexibility index (Phi) is 7.52. The third-order valence-electron chi connectivity index (χ3n) is 4.17. The van der Waals surface area contributed by atoms with E-state index in [1.54, 1.807) is 20.3 Å². The molecule has 1 aromatic carbocycles. The lowest BCUT2D eigenvalue weighted by atomic mass is 10.1. The number of ether oxygens (including phenoxy) is 3. The first kappa shape index (κ1) is 18.2. The molecule has 2 rings (SSSR count). The summed E-state index contributed by atoms with van der Waals surface area (Å²) in [4.78, 5) is 4.34. The van der Waals surface area contributed by atoms with Crippen LogP contribution in [0.4, 0.5) is 0 Å². The summed E-state index contributed by atoms with van der Waals surface area (Å²) in [5, 5.41) is 3.33. The van der Waals surface area contributed by atoms with Gasteiger partial charge < -0.3 is 25.3 Å². The molecule has 0 spiro atoms. The third kappa shape index (κ3) is 6.18. The fourth-order valence-corrected chi connectivity index (χ4v) is 2.87. The van der Waals surface area contributed by atoms with Crippen molar-refractivity contribution in [1.82, 2.24) is 5.32 Å². The molecule has 0 aliphatic heterocycles. The molecule has 24 heavy (non-hydrogen) atoms. The summed E-state index contributed by atoms with van der Waals surface area (Å²) in [5.74, 6) is 2.59. The van der Waals surface area contributed by atoms with Crippen molar-refractivity contribution in [2.45, 2.75) is 44.6 Å². The quantitative estimate of drug-likeness (QED) is 0.347. The Hall–Kier alpha value is -2.11. The van der Waals surface area contributed by atoms with E-state index >= 15 is 0 Å². The standard InChI is InChI=1S/C18H29N3O3/c1-22-15-11-16(23-2)13-17(12-15)24-10-9-20-18(19)21-14-7-5-3-4-6-8-14/h11-14H,3-10H2,1-2H3,(H3,19,20,21). The molecule has 1 aromatic rings. The number of hydrogen-bond donors (Lipinski definition) is 2. The average Bonchev–Trinajstić information content (AvgIpc) is 2.87. The zero-order valence-electron chi connectivity index (χ0n) is 14.7. The molecule has 6 heteroatoms. The summed E-state index contributed by atoms with van der Waals surface area (Å²) in [6, 6.07) is 5.90. The van der Waals surface area contributed by atoms with Gasteiger partial charge in [-0.25, -0.2) is 4.99 Å². The summed E-state index contributed by atoms with van der Waals surface area (Å²) >= 11 is 0. The second-order valence-corrected chi connectivity index (χ2v) is 6.00. The van der Waals surface area contributed by atoms with Crippen molar-refractivity contribution in [3.05, 3.63) is 18.2 Å². The van der Waals surface area contributed by atoms with Crippen molar-refractivity contribution in [1.29, 1.82) is 0 Å². The maximum absolute atomic E-state index is 5.97. The lowest BCUT2D eigenvalue weighted by molar-refractivity contribution is 0.320. The van der Waals surface area contributed by atoms with Gasteiger partial charge in [0, 0.05) is 24.2 Å². The van der Waals surface area contributed by atoms with Gasteiger partial charge in [-0.3, -0.25) is 0 Å². The second kappa shape index (κ2) is 9.90. The Labute approximate surface area is 144 Å². The highest BCUT2D eigenvalue weighted by Gasteiger charge is 2.12. The molecule has 1 saturated carbocycles. The van der Waals surface area contributed by atoms with Crippen LogP contribution in [0.1, 0.15) is 38.5 Å². The number of nitrogens with two attached hydrogens (primary N) is 1. The van der Waals surface area contributed by atoms with Gasteiger partial charge in [0.1, 0.15) is 23.9 Å². The normalized spacial score (nSPS) is 16.3. The van der Waals surface area contributed by atoms with Gasteiger partial charge in [0.05, 0.1) is 20.8 Å². The van der Waals surface area contributed by atoms with Gasteiger partial charge in [0.15, 0.2) is 5.96 Å². The molecular weight excluding hydrogens is 306 g/mol. The number of nitrogens with zero attached hydrogens (tertiary/aromatic N) is 1. The van der Waals surface area contributed by atoms with E-state index in [4.69, 9.17) is 19.9 Å². The highest BCUT2D eigenvalue weighted by Crippen LogP contribution is 2.27. The molecule has 3 N–H and O–H groups in total. The molecule has 1 fully saturated rings. The van der Waals surface area contributed by atoms with Crippen LogP contribution < -0.4 is 25.3 Å². The van der Waals surface area contributed by atoms with Gasteiger partial charge in [0.2, 0.25) is 0 Å². The first-order valence-electron chi connectivity index (χ1n) is 8.63. The van der Waals surface area contributed by atoms with E-state index in [1.807, 2.05) is 12.1 Å². The van der Waals surface area contributed by atoms with Crippen LogP contribution in [-0.4, -0.2) is 39.4 Å². The van der Waals surface area contributed by atoms with Gasteiger partial charge >= 0.3 is 0 Å². The lowest BCUT2D eigenvalue weighted by Crippen LogP contribution is -2.40. The topological polar surface area (TPSA) is 78.1 Å². The number of methoxy groups -OCH3 is 2. The number of aliphatic imine (C=N–C) groups is 1. The number of guanidine groups is 1. The number of hydrogen-bond acceptors (Lipinski definition) is 4. The summed E-state index contributed by atoms with van der Waals surface area (Å²) in [6.07, 6.45) is 7.55. The summed E-state index contributed by atoms with van der Waals surface area (Å²) in [5.41, 5.74) is 5.97. The largest absolute Gasteiger partial charge is 0.496 e. The molecule has 0 saturated heterocycles. The van der Waals surface area contributed by atoms with Gasteiger partial charge in [-0.05, 0) is 12.8 Å². The Bertz CT molecular complexity index is 504. The average molecular weight is 335 g/mol. The highest BCUT2D eigenvalue weighted by molar-refractivity contribution is 5.78. The maximum Gasteiger partial charge on any atom is 0.188 e. The minimum absolute atomic E-state index is 0.448. The number of nitrogens with one attached hydrogen (secondary N) is 1. The molecule has 0 heterocycles. The molecule has 6 nitrogen and oxygen atoms in total. The summed E-state index contributed by atoms with van der Waals surface area (Å²) in [7, 11) is 3.23. The van der Waals surface area contributed by atoms with Crippen molar-refractivity contribution < 1.29 is 14.2 Å². The molecule has 0 unspecified atom stereocenters. The molecule has 0 bridgehead atoms. The predicted molar refractivity (Wildman–Crippen MR) is 96.2 cm³/mol. The SMILES string of the molecule is COc1cc(OC)cc(OCCN=C(N)NC2CCCCCC2)c1. The fraction of sp³-hybridized carbons (Fsp3) is 0.611. The predicted octanol–water partition coefficient (Wildman–Crippen LogP) is 2.71. The first-order chi connectivity index (χ1) is 11.7. The summed E-state index contributed by atoms with van der Waals surface area (Å²) in [6.45, 7) is 0.953. The van der Waals surface area contributed by atoms with Crippen LogP contribution in [-0.2, 0) is 0 Å². The van der Waals surface area contributed by atoms with Crippen molar-refractivity contribution in [2.24, 2.45) is 10.7 Å². The van der Waals surface area contributed by atoms with E-state index < -0.39 is 0 Å². The van der Waals surface area contributed by atoms with E-state index in [0.29, 0.717) is 42.4 Å². The van der Waals surface area contributed by atoms with Crippen LogP contribution in [0, 0.1) is 0 Å². The van der Waals surface area contributed by atoms with Crippen LogP contribution in [0.15, 0.2) is 23.2 Å². The van der Waals surface area contributed by atoms with E-state index in [1.165, 1.54) is 38.5 Å². The zero-order valence-corrected chi connectivity index (χ0v) is 14.7. The molecule has 1 aliphatic rings. The van der Waals surface area contributed by atoms with Crippen LogP contribution >= 0.6 is 0 Å². The zero-order chi connectivity index (χ0) is 17.2. The van der Waals surface area contributed by atoms with Crippen LogP contribution in [0.25, 0.3) is 0 Å². The van der Waals surface area contributed by atoms with Crippen molar-refractivity contribution >= 4 is 5.96 Å². The third-order valence-corrected chi connectivity index (χ3v) is 4.17. The van der Waals surface area contributed by atoms with Crippen molar-refractivity contribution in [2.75, 3.05) is 27.4 Å². The van der Waals surface area contributed by atoms with E-state index in [-0.39, 0.29) is 0 Å². The van der Waals surface area contributed by atoms with Crippen molar-refractivity contribution in [3.63, 3.8) is 0 Å². The minimum Gasteiger partial charge on any atom is -0.496 e. The van der Waals surface area contributed by atoms with Crippen molar-refractivity contribution in [3.8, 4) is 17.2 Å². The Morgan fingerprint density at radius 3 is 2.21 bits per heavy atom. The van der Waals surface area contributed by atoms with Gasteiger partial charge in [-0.1, -0.05) is 25.7 Å². The Morgan fingerprint density at radius 1 is 1.04 bits per heavy atom. The van der Waals surface area contributed by atoms with Gasteiger partial charge in [0.25, 0.3) is 0 Å². The second-order valence-electron chi connectivity index (χ2n) is 6.00. The summed E-state index contributed by atoms with van der Waals surface area (Å²) < 4.78 is 16.1. The van der Waals surface area contributed by atoms with E-state index in [9.17, 15) is 0 Å². The molecule has 134 valence electrons. The molecule has 0 radical (unpaired) electrons. The molecule has 1 aliphatic carbocycles. The monoisotopic (exact) mass is 335 g/mol. The Morgan fingerprint density at radius 2 is 1.62 bits per heavy atom. The number of rotatable bonds is 7.